The number of likely N-dealkylation sites (tertiary alicyclic amines) is 1. The molecule has 4 heteroatoms. The van der Waals surface area contributed by atoms with Crippen LogP contribution in [0.1, 0.15) is 40.0 Å². The van der Waals surface area contributed by atoms with Crippen molar-refractivity contribution in [1.29, 1.82) is 0 Å². The van der Waals surface area contributed by atoms with Crippen LogP contribution in [0.5, 0.6) is 0 Å². The fourth-order valence-electron chi connectivity index (χ4n) is 3.08. The highest BCUT2D eigenvalue weighted by Crippen LogP contribution is 2.37. The van der Waals surface area contributed by atoms with Crippen LogP contribution >= 0.6 is 12.4 Å². The van der Waals surface area contributed by atoms with Crippen molar-refractivity contribution in [3.05, 3.63) is 0 Å². The molecule has 1 aliphatic heterocycles. The van der Waals surface area contributed by atoms with E-state index in [-0.39, 0.29) is 17.8 Å². The SMILES string of the molecule is CC(C)(C)CC(=O)N1CC2CCC(N)C2C1.Cl. The molecule has 1 heterocycles. The van der Waals surface area contributed by atoms with E-state index in [4.69, 9.17) is 5.73 Å². The van der Waals surface area contributed by atoms with Gasteiger partial charge in [0.1, 0.15) is 0 Å². The van der Waals surface area contributed by atoms with E-state index in [0.29, 0.717) is 30.2 Å². The highest BCUT2D eigenvalue weighted by Gasteiger charge is 2.42. The van der Waals surface area contributed by atoms with Crippen LogP contribution in [-0.2, 0) is 4.79 Å². The predicted octanol–water partition coefficient (Wildman–Crippen LogP) is 2.04. The summed E-state index contributed by atoms with van der Waals surface area (Å²) in [5.74, 6) is 1.57. The Morgan fingerprint density at radius 3 is 2.47 bits per heavy atom. The van der Waals surface area contributed by atoms with E-state index < -0.39 is 0 Å². The molecule has 0 aromatic rings. The molecule has 1 saturated heterocycles. The quantitative estimate of drug-likeness (QED) is 0.784. The summed E-state index contributed by atoms with van der Waals surface area (Å²) in [5.41, 5.74) is 6.17. The number of halogens is 1. The molecule has 0 bridgehead atoms. The van der Waals surface area contributed by atoms with E-state index in [2.05, 4.69) is 20.8 Å². The molecule has 2 N–H and O–H groups in total. The average Bonchev–Trinajstić information content (AvgIpc) is 2.65. The molecule has 100 valence electrons. The van der Waals surface area contributed by atoms with Gasteiger partial charge in [-0.15, -0.1) is 12.4 Å². The molecule has 3 atom stereocenters. The van der Waals surface area contributed by atoms with Crippen LogP contribution in [-0.4, -0.2) is 29.9 Å². The lowest BCUT2D eigenvalue weighted by Gasteiger charge is -2.24. The van der Waals surface area contributed by atoms with Crippen molar-refractivity contribution in [2.45, 2.75) is 46.1 Å². The molecular weight excluding hydrogens is 236 g/mol. The second-order valence-corrected chi connectivity index (χ2v) is 6.70. The predicted molar refractivity (Wildman–Crippen MR) is 72.1 cm³/mol. The summed E-state index contributed by atoms with van der Waals surface area (Å²) in [5, 5.41) is 0. The summed E-state index contributed by atoms with van der Waals surface area (Å²) >= 11 is 0. The van der Waals surface area contributed by atoms with Crippen molar-refractivity contribution in [2.24, 2.45) is 23.0 Å². The van der Waals surface area contributed by atoms with E-state index in [0.717, 1.165) is 19.5 Å². The van der Waals surface area contributed by atoms with Crippen LogP contribution in [0.2, 0.25) is 0 Å². The van der Waals surface area contributed by atoms with Gasteiger partial charge in [-0.1, -0.05) is 20.8 Å². The van der Waals surface area contributed by atoms with Crippen LogP contribution in [0, 0.1) is 17.3 Å². The zero-order chi connectivity index (χ0) is 11.9. The van der Waals surface area contributed by atoms with Crippen molar-refractivity contribution in [1.82, 2.24) is 4.90 Å². The first-order valence-electron chi connectivity index (χ1n) is 6.40. The maximum atomic E-state index is 12.1. The third kappa shape index (κ3) is 3.35. The van der Waals surface area contributed by atoms with Crippen LogP contribution < -0.4 is 5.73 Å². The smallest absolute Gasteiger partial charge is 0.223 e. The molecule has 3 nitrogen and oxygen atoms in total. The van der Waals surface area contributed by atoms with Crippen LogP contribution in [0.25, 0.3) is 0 Å². The first kappa shape index (κ1) is 14.8. The van der Waals surface area contributed by atoms with Crippen molar-refractivity contribution in [2.75, 3.05) is 13.1 Å². The Balaban J connectivity index is 0.00000144. The Morgan fingerprint density at radius 1 is 1.29 bits per heavy atom. The summed E-state index contributed by atoms with van der Waals surface area (Å²) in [7, 11) is 0. The maximum Gasteiger partial charge on any atom is 0.223 e. The van der Waals surface area contributed by atoms with Crippen molar-refractivity contribution < 1.29 is 4.79 Å². The zero-order valence-electron chi connectivity index (χ0n) is 11.1. The Hall–Kier alpha value is -0.280. The first-order chi connectivity index (χ1) is 7.37. The van der Waals surface area contributed by atoms with Gasteiger partial charge in [0.15, 0.2) is 0 Å². The number of rotatable bonds is 1. The molecular formula is C13H25ClN2O. The van der Waals surface area contributed by atoms with Gasteiger partial charge in [0, 0.05) is 25.6 Å². The average molecular weight is 261 g/mol. The van der Waals surface area contributed by atoms with Gasteiger partial charge in [-0.25, -0.2) is 0 Å². The maximum absolute atomic E-state index is 12.1. The topological polar surface area (TPSA) is 46.3 Å². The van der Waals surface area contributed by atoms with Gasteiger partial charge in [0.25, 0.3) is 0 Å². The summed E-state index contributed by atoms with van der Waals surface area (Å²) < 4.78 is 0. The Morgan fingerprint density at radius 2 is 1.94 bits per heavy atom. The van der Waals surface area contributed by atoms with Gasteiger partial charge in [0.05, 0.1) is 0 Å². The molecule has 2 fully saturated rings. The molecule has 1 amide bonds. The van der Waals surface area contributed by atoms with E-state index >= 15 is 0 Å². The number of carbonyl (C=O) groups excluding carboxylic acids is 1. The number of nitrogens with two attached hydrogens (primary N) is 1. The number of nitrogens with zero attached hydrogens (tertiary/aromatic N) is 1. The monoisotopic (exact) mass is 260 g/mol. The minimum atomic E-state index is 0. The molecule has 0 aromatic heterocycles. The molecule has 0 radical (unpaired) electrons. The van der Waals surface area contributed by atoms with Crippen LogP contribution in [0.4, 0.5) is 0 Å². The minimum Gasteiger partial charge on any atom is -0.342 e. The summed E-state index contributed by atoms with van der Waals surface area (Å²) in [6.45, 7) is 8.21. The van der Waals surface area contributed by atoms with Gasteiger partial charge in [0.2, 0.25) is 5.91 Å². The molecule has 1 aliphatic carbocycles. The number of amides is 1. The number of fused-ring (bicyclic) bond motifs is 1. The number of carbonyl (C=O) groups is 1. The third-order valence-electron chi connectivity index (χ3n) is 3.95. The lowest BCUT2D eigenvalue weighted by atomic mass is 9.91. The van der Waals surface area contributed by atoms with E-state index in [1.165, 1.54) is 6.42 Å². The van der Waals surface area contributed by atoms with Gasteiger partial charge in [-0.05, 0) is 30.1 Å². The second-order valence-electron chi connectivity index (χ2n) is 6.70. The first-order valence-corrected chi connectivity index (χ1v) is 6.40. The third-order valence-corrected chi connectivity index (χ3v) is 3.95. The Labute approximate surface area is 111 Å². The summed E-state index contributed by atoms with van der Waals surface area (Å²) in [6.07, 6.45) is 3.02. The van der Waals surface area contributed by atoms with E-state index in [1.54, 1.807) is 0 Å². The summed E-state index contributed by atoms with van der Waals surface area (Å²) in [4.78, 5) is 14.1. The van der Waals surface area contributed by atoms with Gasteiger partial charge in [-0.3, -0.25) is 4.79 Å². The summed E-state index contributed by atoms with van der Waals surface area (Å²) in [6, 6.07) is 0.331. The van der Waals surface area contributed by atoms with Crippen LogP contribution in [0.3, 0.4) is 0 Å². The molecule has 2 aliphatic rings. The lowest BCUT2D eigenvalue weighted by Crippen LogP contribution is -2.35. The largest absolute Gasteiger partial charge is 0.342 e. The molecule has 17 heavy (non-hydrogen) atoms. The molecule has 3 unspecified atom stereocenters. The Kier molecular flexibility index (Phi) is 4.48. The number of hydrogen-bond acceptors (Lipinski definition) is 2. The fourth-order valence-corrected chi connectivity index (χ4v) is 3.08. The van der Waals surface area contributed by atoms with Crippen molar-refractivity contribution >= 4 is 18.3 Å². The standard InChI is InChI=1S/C13H24N2O.ClH/c1-13(2,3)6-12(16)15-7-9-4-5-11(14)10(9)8-15;/h9-11H,4-8,14H2,1-3H3;1H. The van der Waals surface area contributed by atoms with Gasteiger partial charge in [-0.2, -0.15) is 0 Å². The van der Waals surface area contributed by atoms with E-state index in [9.17, 15) is 4.79 Å². The second kappa shape index (κ2) is 5.15. The Bertz CT molecular complexity index is 288. The molecule has 2 rings (SSSR count). The highest BCUT2D eigenvalue weighted by molar-refractivity contribution is 5.85. The van der Waals surface area contributed by atoms with E-state index in [1.807, 2.05) is 4.90 Å². The van der Waals surface area contributed by atoms with Gasteiger partial charge >= 0.3 is 0 Å². The molecule has 0 aromatic carbocycles. The highest BCUT2D eigenvalue weighted by atomic mass is 35.5. The van der Waals surface area contributed by atoms with Crippen molar-refractivity contribution in [3.63, 3.8) is 0 Å². The minimum absolute atomic E-state index is 0. The van der Waals surface area contributed by atoms with Crippen LogP contribution in [0.15, 0.2) is 0 Å². The van der Waals surface area contributed by atoms with Gasteiger partial charge < -0.3 is 10.6 Å². The fraction of sp³-hybridized carbons (Fsp3) is 0.923. The molecule has 1 saturated carbocycles. The van der Waals surface area contributed by atoms with Crippen molar-refractivity contribution in [3.8, 4) is 0 Å². The number of hydrogen-bond donors (Lipinski definition) is 1. The zero-order valence-corrected chi connectivity index (χ0v) is 11.9. The lowest BCUT2D eigenvalue weighted by molar-refractivity contribution is -0.132. The molecule has 0 spiro atoms. The normalized spacial score (nSPS) is 32.2.